The molecule has 0 spiro atoms. The van der Waals surface area contributed by atoms with Crippen molar-refractivity contribution < 1.29 is 9.84 Å². The van der Waals surface area contributed by atoms with Crippen LogP contribution in [0.25, 0.3) is 0 Å². The van der Waals surface area contributed by atoms with E-state index in [1.165, 1.54) is 0 Å². The molecule has 0 atom stereocenters. The number of nitrogens with zero attached hydrogens (tertiary/aromatic N) is 1. The Kier molecular flexibility index (Phi) is 4.98. The Balaban J connectivity index is 2.57. The molecule has 0 saturated carbocycles. The van der Waals surface area contributed by atoms with E-state index in [1.807, 2.05) is 12.1 Å². The number of ether oxygens (including phenoxy) is 1. The molecule has 0 aliphatic heterocycles. The van der Waals surface area contributed by atoms with Gasteiger partial charge < -0.3 is 14.7 Å². The summed E-state index contributed by atoms with van der Waals surface area (Å²) in [5.74, 6) is 0.317. The first-order valence-electron chi connectivity index (χ1n) is 5.31. The molecule has 3 nitrogen and oxygen atoms in total. The number of phenolic OH excluding ortho intramolecular Hbond substituents is 1. The maximum absolute atomic E-state index is 9.38. The minimum atomic E-state index is 0.317. The second-order valence-electron chi connectivity index (χ2n) is 3.45. The van der Waals surface area contributed by atoms with Gasteiger partial charge in [0.25, 0.3) is 0 Å². The standard InChI is InChI=1S/C12H19NO2/c1-3-13(8-5-9-15-2)11-6-4-7-12(14)10-11/h4,6-7,10,14H,3,5,8-9H2,1-2H3. The maximum Gasteiger partial charge on any atom is 0.117 e. The van der Waals surface area contributed by atoms with Gasteiger partial charge in [-0.2, -0.15) is 0 Å². The number of rotatable bonds is 6. The normalized spacial score (nSPS) is 10.3. The number of anilines is 1. The quantitative estimate of drug-likeness (QED) is 0.729. The van der Waals surface area contributed by atoms with Gasteiger partial charge >= 0.3 is 0 Å². The molecule has 0 saturated heterocycles. The minimum absolute atomic E-state index is 0.317. The van der Waals surface area contributed by atoms with Crippen LogP contribution in [0.1, 0.15) is 13.3 Å². The first kappa shape index (κ1) is 11.9. The third-order valence-corrected chi connectivity index (χ3v) is 2.35. The van der Waals surface area contributed by atoms with Crippen LogP contribution in [0.15, 0.2) is 24.3 Å². The van der Waals surface area contributed by atoms with Crippen LogP contribution in [0, 0.1) is 0 Å². The van der Waals surface area contributed by atoms with Gasteiger partial charge in [0.2, 0.25) is 0 Å². The summed E-state index contributed by atoms with van der Waals surface area (Å²) in [4.78, 5) is 2.22. The van der Waals surface area contributed by atoms with Crippen molar-refractivity contribution in [2.45, 2.75) is 13.3 Å². The fourth-order valence-corrected chi connectivity index (χ4v) is 1.56. The monoisotopic (exact) mass is 209 g/mol. The summed E-state index contributed by atoms with van der Waals surface area (Å²) in [6, 6.07) is 7.35. The molecule has 15 heavy (non-hydrogen) atoms. The molecule has 1 aromatic rings. The lowest BCUT2D eigenvalue weighted by Gasteiger charge is -2.23. The molecule has 0 unspecified atom stereocenters. The van der Waals surface area contributed by atoms with Crippen molar-refractivity contribution in [1.82, 2.24) is 0 Å². The topological polar surface area (TPSA) is 32.7 Å². The third-order valence-electron chi connectivity index (χ3n) is 2.35. The van der Waals surface area contributed by atoms with Crippen LogP contribution in [-0.4, -0.2) is 31.9 Å². The van der Waals surface area contributed by atoms with Crippen LogP contribution in [0.3, 0.4) is 0 Å². The van der Waals surface area contributed by atoms with Crippen molar-refractivity contribution in [3.63, 3.8) is 0 Å². The van der Waals surface area contributed by atoms with Crippen molar-refractivity contribution >= 4 is 5.69 Å². The second-order valence-corrected chi connectivity index (χ2v) is 3.45. The minimum Gasteiger partial charge on any atom is -0.508 e. The molecule has 84 valence electrons. The average molecular weight is 209 g/mol. The van der Waals surface area contributed by atoms with Crippen molar-refractivity contribution in [2.75, 3.05) is 31.7 Å². The highest BCUT2D eigenvalue weighted by Gasteiger charge is 2.03. The van der Waals surface area contributed by atoms with Crippen molar-refractivity contribution in [2.24, 2.45) is 0 Å². The summed E-state index contributed by atoms with van der Waals surface area (Å²) in [6.07, 6.45) is 1.000. The van der Waals surface area contributed by atoms with Crippen LogP contribution in [0.2, 0.25) is 0 Å². The maximum atomic E-state index is 9.38. The van der Waals surface area contributed by atoms with E-state index in [0.717, 1.165) is 31.8 Å². The van der Waals surface area contributed by atoms with Crippen LogP contribution >= 0.6 is 0 Å². The van der Waals surface area contributed by atoms with Crippen LogP contribution in [0.5, 0.6) is 5.75 Å². The Bertz CT molecular complexity index is 289. The number of aromatic hydroxyl groups is 1. The molecule has 1 rings (SSSR count). The van der Waals surface area contributed by atoms with Gasteiger partial charge in [0.15, 0.2) is 0 Å². The fourth-order valence-electron chi connectivity index (χ4n) is 1.56. The molecule has 0 radical (unpaired) electrons. The van der Waals surface area contributed by atoms with E-state index in [4.69, 9.17) is 4.74 Å². The molecular formula is C12H19NO2. The van der Waals surface area contributed by atoms with Gasteiger partial charge in [-0.25, -0.2) is 0 Å². The zero-order chi connectivity index (χ0) is 11.1. The summed E-state index contributed by atoms with van der Waals surface area (Å²) < 4.78 is 5.02. The van der Waals surface area contributed by atoms with E-state index in [2.05, 4.69) is 11.8 Å². The molecule has 0 heterocycles. The third kappa shape index (κ3) is 3.80. The Morgan fingerprint density at radius 2 is 2.20 bits per heavy atom. The molecule has 1 aromatic carbocycles. The van der Waals surface area contributed by atoms with Crippen LogP contribution in [0.4, 0.5) is 5.69 Å². The molecule has 0 bridgehead atoms. The zero-order valence-corrected chi connectivity index (χ0v) is 9.44. The Labute approximate surface area is 91.3 Å². The molecule has 0 fully saturated rings. The zero-order valence-electron chi connectivity index (χ0n) is 9.44. The summed E-state index contributed by atoms with van der Waals surface area (Å²) in [5.41, 5.74) is 1.06. The summed E-state index contributed by atoms with van der Waals surface area (Å²) in [6.45, 7) is 4.77. The number of benzene rings is 1. The fraction of sp³-hybridized carbons (Fsp3) is 0.500. The van der Waals surface area contributed by atoms with Gasteiger partial charge in [0, 0.05) is 38.6 Å². The van der Waals surface area contributed by atoms with E-state index in [-0.39, 0.29) is 0 Å². The van der Waals surface area contributed by atoms with Crippen LogP contribution < -0.4 is 4.90 Å². The summed E-state index contributed by atoms with van der Waals surface area (Å²) in [7, 11) is 1.71. The van der Waals surface area contributed by atoms with E-state index < -0.39 is 0 Å². The van der Waals surface area contributed by atoms with Gasteiger partial charge in [0.1, 0.15) is 5.75 Å². The Hall–Kier alpha value is -1.22. The van der Waals surface area contributed by atoms with Gasteiger partial charge in [-0.05, 0) is 25.5 Å². The largest absolute Gasteiger partial charge is 0.508 e. The Morgan fingerprint density at radius 1 is 1.40 bits per heavy atom. The molecular weight excluding hydrogens is 190 g/mol. The van der Waals surface area contributed by atoms with E-state index >= 15 is 0 Å². The molecule has 0 aliphatic rings. The predicted molar refractivity (Wildman–Crippen MR) is 62.5 cm³/mol. The lowest BCUT2D eigenvalue weighted by atomic mass is 10.2. The van der Waals surface area contributed by atoms with E-state index in [1.54, 1.807) is 19.2 Å². The molecule has 0 aliphatic carbocycles. The number of hydrogen-bond donors (Lipinski definition) is 1. The smallest absolute Gasteiger partial charge is 0.117 e. The van der Waals surface area contributed by atoms with Crippen LogP contribution in [-0.2, 0) is 4.74 Å². The second kappa shape index (κ2) is 6.30. The summed E-state index contributed by atoms with van der Waals surface area (Å²) >= 11 is 0. The first-order valence-corrected chi connectivity index (χ1v) is 5.31. The van der Waals surface area contributed by atoms with Gasteiger partial charge in [-0.3, -0.25) is 0 Å². The average Bonchev–Trinajstić information content (AvgIpc) is 2.24. The van der Waals surface area contributed by atoms with Crippen molar-refractivity contribution in [1.29, 1.82) is 0 Å². The highest BCUT2D eigenvalue weighted by Crippen LogP contribution is 2.19. The van der Waals surface area contributed by atoms with Gasteiger partial charge in [-0.1, -0.05) is 6.07 Å². The van der Waals surface area contributed by atoms with Gasteiger partial charge in [-0.15, -0.1) is 0 Å². The van der Waals surface area contributed by atoms with E-state index in [9.17, 15) is 5.11 Å². The van der Waals surface area contributed by atoms with Crippen molar-refractivity contribution in [3.8, 4) is 5.75 Å². The number of methoxy groups -OCH3 is 1. The highest BCUT2D eigenvalue weighted by molar-refractivity contribution is 5.50. The van der Waals surface area contributed by atoms with Crippen molar-refractivity contribution in [3.05, 3.63) is 24.3 Å². The number of hydrogen-bond acceptors (Lipinski definition) is 3. The first-order chi connectivity index (χ1) is 7.27. The summed E-state index contributed by atoms with van der Waals surface area (Å²) in [5, 5.41) is 9.38. The molecule has 0 aromatic heterocycles. The SMILES string of the molecule is CCN(CCCOC)c1cccc(O)c1. The lowest BCUT2D eigenvalue weighted by Crippen LogP contribution is -2.24. The Morgan fingerprint density at radius 3 is 2.80 bits per heavy atom. The predicted octanol–water partition coefficient (Wildman–Crippen LogP) is 2.25. The van der Waals surface area contributed by atoms with E-state index in [0.29, 0.717) is 5.75 Å². The number of phenols is 1. The molecule has 0 amide bonds. The highest BCUT2D eigenvalue weighted by atomic mass is 16.5. The van der Waals surface area contributed by atoms with Gasteiger partial charge in [0.05, 0.1) is 0 Å². The lowest BCUT2D eigenvalue weighted by molar-refractivity contribution is 0.196. The molecule has 3 heteroatoms. The molecule has 1 N–H and O–H groups in total.